The molecular weight excluding hydrogens is 204 g/mol. The Hall–Kier alpha value is -1.32. The molecule has 0 radical (unpaired) electrons. The Morgan fingerprint density at radius 2 is 1.69 bits per heavy atom. The molecule has 0 saturated heterocycles. The molecule has 0 aliphatic carbocycles. The van der Waals surface area contributed by atoms with Gasteiger partial charge in [-0.1, -0.05) is 24.3 Å². The second-order valence-electron chi connectivity index (χ2n) is 3.29. The Kier molecular flexibility index (Phi) is 6.30. The van der Waals surface area contributed by atoms with Gasteiger partial charge in [0.1, 0.15) is 5.75 Å². The first-order valence-electron chi connectivity index (χ1n) is 5.21. The molecule has 0 amide bonds. The molecule has 0 unspecified atom stereocenters. The van der Waals surface area contributed by atoms with Gasteiger partial charge >= 0.3 is 0 Å². The van der Waals surface area contributed by atoms with E-state index in [2.05, 4.69) is 0 Å². The van der Waals surface area contributed by atoms with Crippen molar-refractivity contribution in [3.8, 4) is 5.75 Å². The van der Waals surface area contributed by atoms with Crippen LogP contribution in [0.1, 0.15) is 5.56 Å². The summed E-state index contributed by atoms with van der Waals surface area (Å²) in [5.74, 6) is 0.865. The molecule has 0 N–H and O–H groups in total. The smallest absolute Gasteiger partial charge is 0.118 e. The Morgan fingerprint density at radius 1 is 1.00 bits per heavy atom. The van der Waals surface area contributed by atoms with Gasteiger partial charge in [0.05, 0.1) is 26.9 Å². The van der Waals surface area contributed by atoms with Crippen LogP contribution in [0.25, 0.3) is 0 Å². The van der Waals surface area contributed by atoms with E-state index in [0.717, 1.165) is 11.3 Å². The van der Waals surface area contributed by atoms with E-state index in [0.29, 0.717) is 19.8 Å². The average molecular weight is 222 g/mol. The van der Waals surface area contributed by atoms with Gasteiger partial charge in [0.2, 0.25) is 0 Å². The summed E-state index contributed by atoms with van der Waals surface area (Å²) in [4.78, 5) is 0. The molecule has 0 aliphatic rings. The molecule has 0 atom stereocenters. The Bertz CT molecular complexity index is 303. The van der Waals surface area contributed by atoms with Crippen LogP contribution in [0, 0.1) is 0 Å². The zero-order chi connectivity index (χ0) is 11.6. The molecule has 1 aromatic rings. The first-order chi connectivity index (χ1) is 7.86. The van der Waals surface area contributed by atoms with Crippen molar-refractivity contribution in [1.29, 1.82) is 0 Å². The minimum atomic E-state index is 0.607. The summed E-state index contributed by atoms with van der Waals surface area (Å²) in [6.07, 6.45) is 3.89. The molecule has 0 aromatic heterocycles. The molecule has 0 bridgehead atoms. The van der Waals surface area contributed by atoms with Crippen molar-refractivity contribution in [1.82, 2.24) is 0 Å². The molecule has 1 aromatic carbocycles. The van der Waals surface area contributed by atoms with E-state index in [1.807, 2.05) is 36.4 Å². The molecule has 3 heteroatoms. The van der Waals surface area contributed by atoms with Gasteiger partial charge in [-0.3, -0.25) is 0 Å². The van der Waals surface area contributed by atoms with E-state index >= 15 is 0 Å². The highest BCUT2D eigenvalue weighted by molar-refractivity contribution is 5.26. The number of hydrogen-bond donors (Lipinski definition) is 0. The summed E-state index contributed by atoms with van der Waals surface area (Å²) in [6.45, 7) is 1.85. The van der Waals surface area contributed by atoms with Crippen molar-refractivity contribution >= 4 is 0 Å². The van der Waals surface area contributed by atoms with Crippen LogP contribution >= 0.6 is 0 Å². The van der Waals surface area contributed by atoms with Crippen LogP contribution in [0.2, 0.25) is 0 Å². The number of rotatable bonds is 7. The molecule has 16 heavy (non-hydrogen) atoms. The third-order valence-electron chi connectivity index (χ3n) is 2.07. The number of methoxy groups -OCH3 is 2. The minimum absolute atomic E-state index is 0.607. The topological polar surface area (TPSA) is 27.7 Å². The highest BCUT2D eigenvalue weighted by Crippen LogP contribution is 2.11. The summed E-state index contributed by atoms with van der Waals surface area (Å²) >= 11 is 0. The highest BCUT2D eigenvalue weighted by atomic mass is 16.5. The molecule has 0 fully saturated rings. The maximum absolute atomic E-state index is 5.46. The molecule has 0 spiro atoms. The second-order valence-corrected chi connectivity index (χ2v) is 3.29. The molecule has 0 heterocycles. The summed E-state index contributed by atoms with van der Waals surface area (Å²) < 4.78 is 15.4. The third-order valence-corrected chi connectivity index (χ3v) is 2.07. The van der Waals surface area contributed by atoms with Gasteiger partial charge in [0.15, 0.2) is 0 Å². The van der Waals surface area contributed by atoms with Gasteiger partial charge in [-0.2, -0.15) is 0 Å². The Morgan fingerprint density at radius 3 is 2.31 bits per heavy atom. The predicted octanol–water partition coefficient (Wildman–Crippen LogP) is 2.41. The lowest BCUT2D eigenvalue weighted by molar-refractivity contribution is 0.148. The highest BCUT2D eigenvalue weighted by Gasteiger charge is 1.93. The fourth-order valence-corrected chi connectivity index (χ4v) is 1.20. The van der Waals surface area contributed by atoms with Crippen molar-refractivity contribution < 1.29 is 14.2 Å². The monoisotopic (exact) mass is 222 g/mol. The quantitative estimate of drug-likeness (QED) is 0.524. The fourth-order valence-electron chi connectivity index (χ4n) is 1.20. The van der Waals surface area contributed by atoms with E-state index in [9.17, 15) is 0 Å². The van der Waals surface area contributed by atoms with Crippen LogP contribution < -0.4 is 4.74 Å². The average Bonchev–Trinajstić information content (AvgIpc) is 2.34. The summed E-state index contributed by atoms with van der Waals surface area (Å²) in [5, 5.41) is 0. The second kappa shape index (κ2) is 7.91. The van der Waals surface area contributed by atoms with Crippen molar-refractivity contribution in [2.24, 2.45) is 0 Å². The molecular formula is C13H18O3. The van der Waals surface area contributed by atoms with Gasteiger partial charge in [-0.15, -0.1) is 0 Å². The molecule has 88 valence electrons. The van der Waals surface area contributed by atoms with E-state index in [1.165, 1.54) is 0 Å². The van der Waals surface area contributed by atoms with Crippen LogP contribution in [0.3, 0.4) is 0 Å². The lowest BCUT2D eigenvalue weighted by Crippen LogP contribution is -1.93. The van der Waals surface area contributed by atoms with Gasteiger partial charge in [-0.25, -0.2) is 0 Å². The van der Waals surface area contributed by atoms with Crippen molar-refractivity contribution in [3.05, 3.63) is 42.0 Å². The van der Waals surface area contributed by atoms with Gasteiger partial charge < -0.3 is 14.2 Å². The lowest BCUT2D eigenvalue weighted by Gasteiger charge is -2.03. The SMILES string of the molecule is COCC=CCOCc1ccc(OC)cc1. The van der Waals surface area contributed by atoms with E-state index in [1.54, 1.807) is 14.2 Å². The van der Waals surface area contributed by atoms with Crippen LogP contribution in [0.4, 0.5) is 0 Å². The largest absolute Gasteiger partial charge is 0.497 e. The van der Waals surface area contributed by atoms with E-state index in [-0.39, 0.29) is 0 Å². The zero-order valence-corrected chi connectivity index (χ0v) is 9.81. The summed E-state index contributed by atoms with van der Waals surface area (Å²) in [7, 11) is 3.33. The van der Waals surface area contributed by atoms with Crippen LogP contribution in [-0.2, 0) is 16.1 Å². The van der Waals surface area contributed by atoms with E-state index in [4.69, 9.17) is 14.2 Å². The molecule has 1 rings (SSSR count). The van der Waals surface area contributed by atoms with Crippen molar-refractivity contribution in [2.45, 2.75) is 6.61 Å². The van der Waals surface area contributed by atoms with E-state index < -0.39 is 0 Å². The van der Waals surface area contributed by atoms with Crippen molar-refractivity contribution in [2.75, 3.05) is 27.4 Å². The zero-order valence-electron chi connectivity index (χ0n) is 9.81. The maximum atomic E-state index is 5.46. The standard InChI is InChI=1S/C13H18O3/c1-14-9-3-4-10-16-11-12-5-7-13(15-2)8-6-12/h3-8H,9-11H2,1-2H3. The molecule has 0 aliphatic heterocycles. The molecule has 3 nitrogen and oxygen atoms in total. The predicted molar refractivity (Wildman–Crippen MR) is 63.7 cm³/mol. The van der Waals surface area contributed by atoms with Crippen molar-refractivity contribution in [3.63, 3.8) is 0 Å². The first-order valence-corrected chi connectivity index (χ1v) is 5.21. The summed E-state index contributed by atoms with van der Waals surface area (Å²) in [6, 6.07) is 7.86. The van der Waals surface area contributed by atoms with Gasteiger partial charge in [0.25, 0.3) is 0 Å². The first kappa shape index (κ1) is 12.7. The summed E-state index contributed by atoms with van der Waals surface area (Å²) in [5.41, 5.74) is 1.14. The van der Waals surface area contributed by atoms with Gasteiger partial charge in [-0.05, 0) is 17.7 Å². The van der Waals surface area contributed by atoms with Crippen LogP contribution in [0.15, 0.2) is 36.4 Å². The Balaban J connectivity index is 2.21. The minimum Gasteiger partial charge on any atom is -0.497 e. The van der Waals surface area contributed by atoms with Crippen LogP contribution in [0.5, 0.6) is 5.75 Å². The normalized spacial score (nSPS) is 10.9. The Labute approximate surface area is 96.6 Å². The molecule has 0 saturated carbocycles. The van der Waals surface area contributed by atoms with Gasteiger partial charge in [0, 0.05) is 7.11 Å². The fraction of sp³-hybridized carbons (Fsp3) is 0.385. The number of hydrogen-bond acceptors (Lipinski definition) is 3. The maximum Gasteiger partial charge on any atom is 0.118 e. The lowest BCUT2D eigenvalue weighted by atomic mass is 10.2. The van der Waals surface area contributed by atoms with Crippen LogP contribution in [-0.4, -0.2) is 27.4 Å². The third kappa shape index (κ3) is 4.96. The number of benzene rings is 1. The number of ether oxygens (including phenoxy) is 3.